The minimum Gasteiger partial charge on any atom is -0.282 e. The Labute approximate surface area is 283 Å². The van der Waals surface area contributed by atoms with Crippen molar-refractivity contribution in [2.45, 2.75) is 16.2 Å². The number of benzene rings is 5. The quantitative estimate of drug-likeness (QED) is 0.130. The van der Waals surface area contributed by atoms with Gasteiger partial charge in [0, 0.05) is 43.8 Å². The molecule has 1 aromatic heterocycles. The topological polar surface area (TPSA) is 122 Å². The number of hydrogen-bond donors (Lipinski definition) is 1. The first-order valence-corrected chi connectivity index (χ1v) is 17.3. The molecule has 0 atom stereocenters. The lowest BCUT2D eigenvalue weighted by Crippen LogP contribution is -2.14. The number of nitrogens with zero attached hydrogens (tertiary/aromatic N) is 3. The fourth-order valence-electron chi connectivity index (χ4n) is 5.60. The van der Waals surface area contributed by atoms with Gasteiger partial charge in [-0.3, -0.25) is 4.55 Å². The van der Waals surface area contributed by atoms with Gasteiger partial charge in [0.1, 0.15) is 5.82 Å². The number of aromatic nitrogens is 1. The average Bonchev–Trinajstić information content (AvgIpc) is 3.42. The highest BCUT2D eigenvalue weighted by Crippen LogP contribution is 2.48. The van der Waals surface area contributed by atoms with E-state index < -0.39 is 42.8 Å². The van der Waals surface area contributed by atoms with E-state index in [9.17, 15) is 39.8 Å². The smallest absolute Gasteiger partial charge is 0.282 e. The van der Waals surface area contributed by atoms with Gasteiger partial charge in [-0.05, 0) is 60.2 Å². The van der Waals surface area contributed by atoms with Crippen LogP contribution in [0, 0.1) is 23.7 Å². The zero-order chi connectivity index (χ0) is 35.2. The molecular formula is C35H19ClF3N3O5S2. The largest absolute Gasteiger partial charge is 0.294 e. The second kappa shape index (κ2) is 12.5. The van der Waals surface area contributed by atoms with Gasteiger partial charge in [-0.2, -0.15) is 13.7 Å². The summed E-state index contributed by atoms with van der Waals surface area (Å²) in [4.78, 5) is 2.74. The first-order valence-electron chi connectivity index (χ1n) is 14.0. The van der Waals surface area contributed by atoms with Gasteiger partial charge >= 0.3 is 0 Å². The van der Waals surface area contributed by atoms with Crippen molar-refractivity contribution in [1.82, 2.24) is 3.97 Å². The fourth-order valence-corrected chi connectivity index (χ4v) is 8.01. The van der Waals surface area contributed by atoms with Crippen LogP contribution in [0.15, 0.2) is 113 Å². The van der Waals surface area contributed by atoms with E-state index in [1.807, 2.05) is 6.07 Å². The predicted molar refractivity (Wildman–Crippen MR) is 178 cm³/mol. The van der Waals surface area contributed by atoms with Crippen molar-refractivity contribution in [3.8, 4) is 39.6 Å². The summed E-state index contributed by atoms with van der Waals surface area (Å²) < 4.78 is 105. The maximum Gasteiger partial charge on any atom is 0.294 e. The van der Waals surface area contributed by atoms with Crippen LogP contribution in [0.25, 0.3) is 49.3 Å². The fraction of sp³-hybridized carbons (Fsp3) is 0.0286. The summed E-state index contributed by atoms with van der Waals surface area (Å²) in [6, 6.07) is 23.5. The van der Waals surface area contributed by atoms with E-state index in [2.05, 4.69) is 4.85 Å². The molecular weight excluding hydrogens is 699 g/mol. The Hall–Kier alpha value is -5.44. The van der Waals surface area contributed by atoms with Crippen LogP contribution in [0.5, 0.6) is 0 Å². The van der Waals surface area contributed by atoms with Gasteiger partial charge in [-0.25, -0.2) is 30.4 Å². The molecule has 0 aliphatic rings. The van der Waals surface area contributed by atoms with E-state index in [0.29, 0.717) is 11.1 Å². The second-order valence-corrected chi connectivity index (χ2v) is 14.3. The monoisotopic (exact) mass is 717 g/mol. The summed E-state index contributed by atoms with van der Waals surface area (Å²) in [6.07, 6.45) is -2.86. The Morgan fingerprint density at radius 3 is 2.14 bits per heavy atom. The molecule has 244 valence electrons. The maximum atomic E-state index is 15.0. The van der Waals surface area contributed by atoms with Crippen molar-refractivity contribution in [2.75, 3.05) is 0 Å². The lowest BCUT2D eigenvalue weighted by Gasteiger charge is -2.16. The number of hydrogen-bond acceptors (Lipinski definition) is 5. The van der Waals surface area contributed by atoms with Crippen LogP contribution >= 0.6 is 11.6 Å². The summed E-state index contributed by atoms with van der Waals surface area (Å²) in [6.45, 7) is 7.86. The van der Waals surface area contributed by atoms with E-state index in [4.69, 9.17) is 18.2 Å². The van der Waals surface area contributed by atoms with Gasteiger partial charge in [0.2, 0.25) is 0 Å². The first-order chi connectivity index (χ1) is 23.3. The third-order valence-corrected chi connectivity index (χ3v) is 10.7. The molecule has 49 heavy (non-hydrogen) atoms. The van der Waals surface area contributed by atoms with Crippen molar-refractivity contribution >= 4 is 48.3 Å². The van der Waals surface area contributed by atoms with Crippen LogP contribution in [0.4, 0.5) is 18.9 Å². The number of alkyl halides is 2. The molecule has 6 rings (SSSR count). The van der Waals surface area contributed by atoms with Crippen molar-refractivity contribution in [3.05, 3.63) is 137 Å². The zero-order valence-electron chi connectivity index (χ0n) is 24.6. The molecule has 0 saturated heterocycles. The van der Waals surface area contributed by atoms with Crippen molar-refractivity contribution in [1.29, 1.82) is 5.26 Å². The molecule has 1 heterocycles. The first kappa shape index (κ1) is 33.5. The average molecular weight is 718 g/mol. The number of fused-ring (bicyclic) bond motifs is 1. The SMILES string of the molecule is [C-]#[N+]c1cccc(C#N)c1-c1c(-c2cccc(-c3ccc(S(=O)(=O)O)cc3Cl)c2)n(S(=O)(=O)c2ccc(C(F)F)cc2)c2ccc(F)cc12. The molecule has 14 heteroatoms. The molecule has 6 aromatic rings. The van der Waals surface area contributed by atoms with Gasteiger partial charge in [0.15, 0.2) is 5.69 Å². The van der Waals surface area contributed by atoms with Crippen LogP contribution in [0.3, 0.4) is 0 Å². The van der Waals surface area contributed by atoms with Gasteiger partial charge < -0.3 is 0 Å². The Morgan fingerprint density at radius 1 is 0.837 bits per heavy atom. The number of halogens is 4. The van der Waals surface area contributed by atoms with E-state index in [1.54, 1.807) is 12.1 Å². The van der Waals surface area contributed by atoms with Crippen LogP contribution < -0.4 is 0 Å². The Kier molecular flexibility index (Phi) is 8.56. The summed E-state index contributed by atoms with van der Waals surface area (Å²) in [5, 5.41) is 10.1. The van der Waals surface area contributed by atoms with Crippen molar-refractivity contribution in [3.63, 3.8) is 0 Å². The molecule has 0 amide bonds. The number of nitriles is 1. The summed E-state index contributed by atoms with van der Waals surface area (Å²) in [5.41, 5.74) is 0.381. The van der Waals surface area contributed by atoms with Gasteiger partial charge in [0.25, 0.3) is 26.6 Å². The summed E-state index contributed by atoms with van der Waals surface area (Å²) in [7, 11) is -9.24. The highest BCUT2D eigenvalue weighted by atomic mass is 35.5. The molecule has 0 fully saturated rings. The standard InChI is InChI=1S/C35H19ClF3N3O5S2/c1-41-30-7-3-6-23(19-40)32(30)33-28-17-24(37)10-15-31(28)42(48(43,44)25-11-8-20(9-12-25)35(38)39)34(33)22-5-2-4-21(16-22)27-14-13-26(18-29(27)36)49(45,46)47/h2-18,35H,(H,45,46,47). The van der Waals surface area contributed by atoms with E-state index in [1.165, 1.54) is 42.5 Å². The third kappa shape index (κ3) is 5.94. The van der Waals surface area contributed by atoms with Crippen molar-refractivity contribution < 1.29 is 34.6 Å². The Morgan fingerprint density at radius 2 is 1.51 bits per heavy atom. The van der Waals surface area contributed by atoms with Crippen LogP contribution in [0.1, 0.15) is 17.6 Å². The van der Waals surface area contributed by atoms with E-state index >= 15 is 0 Å². The van der Waals surface area contributed by atoms with Crippen LogP contribution in [-0.4, -0.2) is 25.4 Å². The van der Waals surface area contributed by atoms with Gasteiger partial charge in [-0.15, -0.1) is 0 Å². The molecule has 1 N–H and O–H groups in total. The number of rotatable bonds is 7. The lowest BCUT2D eigenvalue weighted by atomic mass is 9.92. The Balaban J connectivity index is 1.75. The molecule has 0 aliphatic heterocycles. The van der Waals surface area contributed by atoms with Gasteiger partial charge in [0.05, 0.1) is 33.6 Å². The van der Waals surface area contributed by atoms with Crippen molar-refractivity contribution in [2.24, 2.45) is 0 Å². The highest BCUT2D eigenvalue weighted by molar-refractivity contribution is 7.90. The molecule has 8 nitrogen and oxygen atoms in total. The molecule has 0 bridgehead atoms. The molecule has 0 radical (unpaired) electrons. The third-order valence-electron chi connectivity index (χ3n) is 7.78. The normalized spacial score (nSPS) is 11.8. The van der Waals surface area contributed by atoms with E-state index in [0.717, 1.165) is 52.5 Å². The van der Waals surface area contributed by atoms with Gasteiger partial charge in [-0.1, -0.05) is 60.1 Å². The minimum absolute atomic E-state index is 0.00301. The molecule has 0 saturated carbocycles. The predicted octanol–water partition coefficient (Wildman–Crippen LogP) is 9.28. The zero-order valence-corrected chi connectivity index (χ0v) is 27.0. The molecule has 0 unspecified atom stereocenters. The maximum absolute atomic E-state index is 15.0. The van der Waals surface area contributed by atoms with E-state index in [-0.39, 0.29) is 54.5 Å². The second-order valence-electron chi connectivity index (χ2n) is 10.6. The lowest BCUT2D eigenvalue weighted by molar-refractivity contribution is 0.151. The highest BCUT2D eigenvalue weighted by Gasteiger charge is 2.31. The molecule has 5 aromatic carbocycles. The van der Waals surface area contributed by atoms with Crippen LogP contribution in [0.2, 0.25) is 5.02 Å². The summed E-state index contributed by atoms with van der Waals surface area (Å²) >= 11 is 6.43. The molecule has 0 aliphatic carbocycles. The van der Waals surface area contributed by atoms with Crippen LogP contribution in [-0.2, 0) is 20.1 Å². The summed E-state index contributed by atoms with van der Waals surface area (Å²) in [5.74, 6) is -0.741. The Bertz CT molecular complexity index is 2600. The molecule has 0 spiro atoms. The minimum atomic E-state index is -4.67.